The van der Waals surface area contributed by atoms with Crippen molar-refractivity contribution in [3.63, 3.8) is 0 Å². The second-order valence-corrected chi connectivity index (χ2v) is 27.1. The van der Waals surface area contributed by atoms with Crippen LogP contribution in [0.4, 0.5) is 14.4 Å². The minimum atomic E-state index is -1.82. The van der Waals surface area contributed by atoms with E-state index in [-0.39, 0.29) is 86.0 Å². The standard InChI is InChI=1S/C25H31NO4.2C20H23NO2.C10H18O5.C2H2O4.CH2O3.CH4.I2.3HNO.Na/c1-25(2,3)30-24(28)26-17-21(16-19-10-6-4-7-11-19)14-15-22(26)23(27)29-18-20-12-8-5-9-13-20;2*22-20(23-15-17-9-5-2-6-10-17)19-12-11-18(14-21-19)13-16-7-3-1-4-8-16;1-9(2,3)14-7(11)13-8(12)15-10(4,5)6;3-1(4)2(5)6;2-1-4-3;;4*1-2;/h4-13,21-22H,14-18H2,1-3H3;2*1-10,18-19,21H,11-15H2;1-6H3;(H,3,4)(H,5,6);1,3H;1H4;;3*1H;/q;;;;;;;;;;;+1/p-1/t21-,22-;2*18-,19-;;;;;;;;;/m000........./s1. The Hall–Kier alpha value is -8.71. The third kappa shape index (κ3) is 51.5. The predicted octanol–water partition coefficient (Wildman–Crippen LogP) is 12.5. The van der Waals surface area contributed by atoms with Crippen LogP contribution in [-0.4, -0.2) is 124 Å². The molecule has 3 fully saturated rings. The zero-order valence-corrected chi connectivity index (χ0v) is 70.0. The average molecular weight is 1780 g/mol. The first kappa shape index (κ1) is 106. The molecule has 9 rings (SSSR count). The number of nitrogens with one attached hydrogen (secondary N) is 5. The SMILES string of the molecule is C.CC(C)(C)OC(=O)N1C[C@H](Cc2ccccc2)CC[C@H]1C(=O)OCc1ccccc1.CC(C)(C)OC(=O)OC(=O)OC(C)(C)C.II.N=O.N=O.N=O.O=C(O)C(=O)O.O=C(OCc1ccccc1)[C@@H]1CC[C@@H](Cc2ccccc2)CN1.O=C(OCc1ccccc1)[C@@H]1CC[C@@H](Cc2ccccc2)CN1.O=CO[O-].[Na+]. The minimum Gasteiger partial charge on any atom is -0.662 e. The van der Waals surface area contributed by atoms with Gasteiger partial charge in [-0.15, -0.1) is 0 Å². The molecule has 0 unspecified atom stereocenters. The molecule has 6 aromatic carbocycles. The Kier molecular flexibility index (Phi) is 59.4. The maximum Gasteiger partial charge on any atom is 1.00 e. The van der Waals surface area contributed by atoms with Crippen molar-refractivity contribution in [1.82, 2.24) is 15.5 Å². The normalized spacial score (nSPS) is 16.2. The fourth-order valence-corrected chi connectivity index (χ4v) is 10.5. The number of carboxylic acid groups (broad SMARTS) is 2. The molecular formula is C79H105I2N6NaO23. The topological polar surface area (TPSA) is 441 Å². The number of amides is 1. The molecule has 3 heterocycles. The van der Waals surface area contributed by atoms with Crippen molar-refractivity contribution in [3.8, 4) is 0 Å². The van der Waals surface area contributed by atoms with Crippen molar-refractivity contribution < 1.29 is 126 Å². The molecule has 29 nitrogen and oxygen atoms in total. The Morgan fingerprint density at radius 2 is 0.703 bits per heavy atom. The van der Waals surface area contributed by atoms with Gasteiger partial charge in [0, 0.05) is 43.8 Å². The van der Waals surface area contributed by atoms with Gasteiger partial charge in [0.15, 0.2) is 0 Å². The molecule has 604 valence electrons. The van der Waals surface area contributed by atoms with E-state index in [2.05, 4.69) is 135 Å². The number of nitrogens with zero attached hydrogens (tertiary/aromatic N) is 1. The molecular weight excluding hydrogens is 1680 g/mol. The number of hydrogen-bond donors (Lipinski definition) is 7. The van der Waals surface area contributed by atoms with Gasteiger partial charge in [0.05, 0.1) is 0 Å². The van der Waals surface area contributed by atoms with Gasteiger partial charge in [-0.2, -0.15) is 14.7 Å². The molecule has 0 aliphatic carbocycles. The number of likely N-dealkylation sites (tertiary alicyclic amines) is 1. The van der Waals surface area contributed by atoms with Crippen molar-refractivity contribution in [2.45, 2.75) is 182 Å². The summed E-state index contributed by atoms with van der Waals surface area (Å²) >= 11 is 4.24. The number of rotatable bonds is 16. The van der Waals surface area contributed by atoms with Crippen LogP contribution in [0, 0.1) is 49.3 Å². The number of halogens is 2. The van der Waals surface area contributed by atoms with Crippen LogP contribution in [0.5, 0.6) is 0 Å². The van der Waals surface area contributed by atoms with Crippen LogP contribution in [0.3, 0.4) is 0 Å². The van der Waals surface area contributed by atoms with Crippen LogP contribution >= 0.6 is 37.2 Å². The number of hydrogen-bond acceptors (Lipinski definition) is 26. The van der Waals surface area contributed by atoms with Crippen LogP contribution in [0.15, 0.2) is 182 Å². The van der Waals surface area contributed by atoms with E-state index in [9.17, 15) is 28.8 Å². The van der Waals surface area contributed by atoms with Crippen LogP contribution < -0.4 is 45.4 Å². The molecule has 7 N–H and O–H groups in total. The number of carbonyl (C=O) groups is 9. The van der Waals surface area contributed by atoms with Gasteiger partial charge in [-0.1, -0.05) is 206 Å². The monoisotopic (exact) mass is 1780 g/mol. The predicted molar refractivity (Wildman–Crippen MR) is 427 cm³/mol. The molecule has 0 aromatic heterocycles. The number of nitroso groups, excluding NO2 is 3. The summed E-state index contributed by atoms with van der Waals surface area (Å²) in [6.07, 6.45) is 5.70. The first-order valence-corrected chi connectivity index (χ1v) is 40.6. The summed E-state index contributed by atoms with van der Waals surface area (Å²) in [6, 6.07) is 59.5. The van der Waals surface area contributed by atoms with E-state index in [0.29, 0.717) is 38.0 Å². The van der Waals surface area contributed by atoms with Crippen LogP contribution in [0.25, 0.3) is 0 Å². The Morgan fingerprint density at radius 1 is 0.441 bits per heavy atom. The van der Waals surface area contributed by atoms with Crippen molar-refractivity contribution in [3.05, 3.63) is 230 Å². The van der Waals surface area contributed by atoms with E-state index >= 15 is 0 Å². The molecule has 3 aliphatic rings. The van der Waals surface area contributed by atoms with E-state index in [0.717, 1.165) is 81.1 Å². The number of carbonyl (C=O) groups excluding carboxylic acids is 7. The third-order valence-corrected chi connectivity index (χ3v) is 15.1. The molecule has 0 saturated carbocycles. The Bertz CT molecular complexity index is 3350. The number of carboxylic acids is 2. The molecule has 32 heteroatoms. The van der Waals surface area contributed by atoms with Gasteiger partial charge in [0.1, 0.15) is 54.7 Å². The van der Waals surface area contributed by atoms with Crippen LogP contribution in [0.1, 0.15) is 142 Å². The maximum absolute atomic E-state index is 12.9. The van der Waals surface area contributed by atoms with E-state index < -0.39 is 53.2 Å². The van der Waals surface area contributed by atoms with E-state index in [1.165, 1.54) is 16.7 Å². The molecule has 1 amide bonds. The van der Waals surface area contributed by atoms with Gasteiger partial charge in [-0.05, 0) is 184 Å². The number of ether oxygens (including phenoxy) is 7. The minimum absolute atomic E-state index is 0. The summed E-state index contributed by atoms with van der Waals surface area (Å²) in [7, 11) is 0. The fraction of sp³-hybridized carbons (Fsp3) is 0.430. The van der Waals surface area contributed by atoms with Crippen molar-refractivity contribution in [2.75, 3.05) is 19.6 Å². The van der Waals surface area contributed by atoms with Gasteiger partial charge in [-0.3, -0.25) is 19.3 Å². The van der Waals surface area contributed by atoms with Gasteiger partial charge in [0.25, 0.3) is 6.47 Å². The summed E-state index contributed by atoms with van der Waals surface area (Å²) in [5.41, 5.74) is 18.4. The molecule has 0 bridgehead atoms. The molecule has 3 aliphatic heterocycles. The molecule has 0 spiro atoms. The summed E-state index contributed by atoms with van der Waals surface area (Å²) < 4.78 is 35.8. The first-order chi connectivity index (χ1) is 52.0. The molecule has 0 radical (unpaired) electrons. The molecule has 6 atom stereocenters. The largest absolute Gasteiger partial charge is 1.00 e. The number of aliphatic carboxylic acids is 2. The first-order valence-electron chi connectivity index (χ1n) is 34.3. The van der Waals surface area contributed by atoms with Gasteiger partial charge in [0.2, 0.25) is 0 Å². The van der Waals surface area contributed by atoms with Crippen LogP contribution in [-0.2, 0) is 106 Å². The van der Waals surface area contributed by atoms with E-state index in [1.54, 1.807) is 46.4 Å². The van der Waals surface area contributed by atoms with E-state index in [4.69, 9.17) is 73.0 Å². The molecule has 111 heavy (non-hydrogen) atoms. The smallest absolute Gasteiger partial charge is 0.662 e. The Balaban J connectivity index is -0.00000132. The summed E-state index contributed by atoms with van der Waals surface area (Å²) in [4.78, 5) is 126. The number of esters is 3. The summed E-state index contributed by atoms with van der Waals surface area (Å²) in [5, 5.41) is 29.9. The van der Waals surface area contributed by atoms with Gasteiger partial charge in [-0.25, -0.2) is 28.8 Å². The maximum atomic E-state index is 12.9. The van der Waals surface area contributed by atoms with Gasteiger partial charge < -0.3 is 64.1 Å². The van der Waals surface area contributed by atoms with Crippen LogP contribution in [0.2, 0.25) is 0 Å². The Morgan fingerprint density at radius 3 is 0.955 bits per heavy atom. The van der Waals surface area contributed by atoms with Crippen molar-refractivity contribution in [1.29, 1.82) is 16.8 Å². The second kappa shape index (κ2) is 61.9. The van der Waals surface area contributed by atoms with Gasteiger partial charge >= 0.3 is 77.8 Å². The molecule has 3 saturated heterocycles. The summed E-state index contributed by atoms with van der Waals surface area (Å²) in [6.45, 7) is 18.5. The second-order valence-electron chi connectivity index (χ2n) is 27.1. The zero-order valence-electron chi connectivity index (χ0n) is 63.6. The van der Waals surface area contributed by atoms with E-state index in [1.807, 2.05) is 142 Å². The Labute approximate surface area is 694 Å². The average Bonchev–Trinajstić information content (AvgIpc) is 0.815. The quantitative estimate of drug-likeness (QED) is 0.00452. The summed E-state index contributed by atoms with van der Waals surface area (Å²) in [5.74, 6) is -2.82. The fourth-order valence-electron chi connectivity index (χ4n) is 10.5. The number of benzene rings is 6. The third-order valence-electron chi connectivity index (χ3n) is 15.1. The van der Waals surface area contributed by atoms with Crippen molar-refractivity contribution >= 4 is 92.0 Å². The zero-order chi connectivity index (χ0) is 82.2. The number of piperidine rings is 3. The van der Waals surface area contributed by atoms with Crippen molar-refractivity contribution in [2.24, 2.45) is 17.8 Å². The molecule has 6 aromatic rings.